The van der Waals surface area contributed by atoms with E-state index in [0.29, 0.717) is 12.0 Å². The second-order valence-electron chi connectivity index (χ2n) is 6.28. The second kappa shape index (κ2) is 6.56. The molecule has 0 atom stereocenters. The van der Waals surface area contributed by atoms with Crippen molar-refractivity contribution in [2.45, 2.75) is 57.0 Å². The summed E-state index contributed by atoms with van der Waals surface area (Å²) in [4.78, 5) is 18.4. The van der Waals surface area contributed by atoms with E-state index in [-0.39, 0.29) is 5.91 Å². The van der Waals surface area contributed by atoms with Crippen molar-refractivity contribution in [2.24, 2.45) is 0 Å². The molecule has 1 aromatic heterocycles. The van der Waals surface area contributed by atoms with Gasteiger partial charge in [0.25, 0.3) is 0 Å². The number of aromatic nitrogens is 3. The van der Waals surface area contributed by atoms with Gasteiger partial charge < -0.3 is 5.32 Å². The van der Waals surface area contributed by atoms with Crippen molar-refractivity contribution in [3.8, 4) is 0 Å². The maximum Gasteiger partial charge on any atom is 0.220 e. The first-order chi connectivity index (χ1) is 10.3. The SMILES string of the molecule is O=C(CCCn1cncn1)NCCC12CCCN1CCC2. The van der Waals surface area contributed by atoms with Gasteiger partial charge in [-0.1, -0.05) is 0 Å². The third-order valence-corrected chi connectivity index (χ3v) is 4.98. The minimum absolute atomic E-state index is 0.161. The first kappa shape index (κ1) is 14.5. The Labute approximate surface area is 125 Å². The van der Waals surface area contributed by atoms with Gasteiger partial charge in [-0.15, -0.1) is 0 Å². The number of carbonyl (C=O) groups is 1. The maximum absolute atomic E-state index is 11.9. The quantitative estimate of drug-likeness (QED) is 0.820. The highest BCUT2D eigenvalue weighted by atomic mass is 16.1. The molecule has 3 rings (SSSR count). The topological polar surface area (TPSA) is 63.1 Å². The standard InChI is InChI=1S/C15H25N5O/c21-14(4-1-11-20-13-16-12-18-20)17-8-7-15-5-2-9-19(15)10-3-6-15/h12-13H,1-11H2,(H,17,21). The molecule has 0 aliphatic carbocycles. The molecule has 21 heavy (non-hydrogen) atoms. The van der Waals surface area contributed by atoms with Crippen LogP contribution in [0.1, 0.15) is 44.9 Å². The zero-order valence-electron chi connectivity index (χ0n) is 12.6. The van der Waals surface area contributed by atoms with Gasteiger partial charge in [0.2, 0.25) is 5.91 Å². The number of nitrogens with one attached hydrogen (secondary N) is 1. The zero-order valence-corrected chi connectivity index (χ0v) is 12.6. The molecule has 2 fully saturated rings. The van der Waals surface area contributed by atoms with E-state index in [9.17, 15) is 4.79 Å². The van der Waals surface area contributed by atoms with E-state index in [0.717, 1.165) is 25.9 Å². The average molecular weight is 291 g/mol. The molecule has 0 aromatic carbocycles. The summed E-state index contributed by atoms with van der Waals surface area (Å²) in [7, 11) is 0. The van der Waals surface area contributed by atoms with Crippen LogP contribution < -0.4 is 5.32 Å². The van der Waals surface area contributed by atoms with Crippen molar-refractivity contribution in [1.29, 1.82) is 0 Å². The smallest absolute Gasteiger partial charge is 0.220 e. The molecule has 6 nitrogen and oxygen atoms in total. The van der Waals surface area contributed by atoms with Crippen LogP contribution in [0.3, 0.4) is 0 Å². The van der Waals surface area contributed by atoms with Crippen molar-refractivity contribution >= 4 is 5.91 Å². The Morgan fingerprint density at radius 2 is 2.10 bits per heavy atom. The summed E-state index contributed by atoms with van der Waals surface area (Å²) in [5, 5.41) is 7.12. The number of nitrogens with zero attached hydrogens (tertiary/aromatic N) is 4. The third kappa shape index (κ3) is 3.43. The van der Waals surface area contributed by atoms with Crippen LogP contribution in [0, 0.1) is 0 Å². The van der Waals surface area contributed by atoms with Crippen LogP contribution in [-0.4, -0.2) is 50.7 Å². The molecular formula is C15H25N5O. The average Bonchev–Trinajstić information content (AvgIpc) is 3.14. The molecule has 0 radical (unpaired) electrons. The number of fused-ring (bicyclic) bond motifs is 1. The Kier molecular flexibility index (Phi) is 4.53. The number of hydrogen-bond donors (Lipinski definition) is 1. The van der Waals surface area contributed by atoms with Crippen LogP contribution in [0.2, 0.25) is 0 Å². The van der Waals surface area contributed by atoms with E-state index in [1.54, 1.807) is 11.0 Å². The molecular weight excluding hydrogens is 266 g/mol. The molecule has 0 unspecified atom stereocenters. The van der Waals surface area contributed by atoms with Crippen LogP contribution >= 0.6 is 0 Å². The predicted octanol–water partition coefficient (Wildman–Crippen LogP) is 1.19. The highest BCUT2D eigenvalue weighted by Crippen LogP contribution is 2.40. The number of aryl methyl sites for hydroxylation is 1. The van der Waals surface area contributed by atoms with Gasteiger partial charge in [-0.3, -0.25) is 14.4 Å². The van der Waals surface area contributed by atoms with Crippen molar-refractivity contribution in [3.63, 3.8) is 0 Å². The molecule has 0 spiro atoms. The molecule has 6 heteroatoms. The molecule has 1 aromatic rings. The number of rotatable bonds is 7. The summed E-state index contributed by atoms with van der Waals surface area (Å²) >= 11 is 0. The van der Waals surface area contributed by atoms with Gasteiger partial charge in [-0.05, 0) is 51.6 Å². The van der Waals surface area contributed by atoms with Gasteiger partial charge in [-0.2, -0.15) is 5.10 Å². The lowest BCUT2D eigenvalue weighted by Gasteiger charge is -2.32. The summed E-state index contributed by atoms with van der Waals surface area (Å²) in [5.41, 5.74) is 0.411. The Balaban J connectivity index is 1.32. The van der Waals surface area contributed by atoms with E-state index >= 15 is 0 Å². The summed E-state index contributed by atoms with van der Waals surface area (Å²) in [5.74, 6) is 0.161. The van der Waals surface area contributed by atoms with Gasteiger partial charge in [0, 0.05) is 25.0 Å². The van der Waals surface area contributed by atoms with Crippen LogP contribution in [0.25, 0.3) is 0 Å². The number of hydrogen-bond acceptors (Lipinski definition) is 4. The fourth-order valence-corrected chi connectivity index (χ4v) is 3.91. The molecule has 2 aliphatic rings. The van der Waals surface area contributed by atoms with E-state index in [1.165, 1.54) is 45.1 Å². The monoisotopic (exact) mass is 291 g/mol. The minimum Gasteiger partial charge on any atom is -0.356 e. The Hall–Kier alpha value is -1.43. The third-order valence-electron chi connectivity index (χ3n) is 4.98. The number of amides is 1. The van der Waals surface area contributed by atoms with Crippen molar-refractivity contribution in [2.75, 3.05) is 19.6 Å². The van der Waals surface area contributed by atoms with Crippen molar-refractivity contribution < 1.29 is 4.79 Å². The van der Waals surface area contributed by atoms with Crippen LogP contribution in [0.4, 0.5) is 0 Å². The Morgan fingerprint density at radius 1 is 1.29 bits per heavy atom. The maximum atomic E-state index is 11.9. The summed E-state index contributed by atoms with van der Waals surface area (Å²) in [6.45, 7) is 4.08. The van der Waals surface area contributed by atoms with Crippen molar-refractivity contribution in [3.05, 3.63) is 12.7 Å². The minimum atomic E-state index is 0.161. The lowest BCUT2D eigenvalue weighted by molar-refractivity contribution is -0.121. The molecule has 2 saturated heterocycles. The molecule has 0 bridgehead atoms. The molecule has 1 amide bonds. The summed E-state index contributed by atoms with van der Waals surface area (Å²) < 4.78 is 1.77. The molecule has 116 valence electrons. The Morgan fingerprint density at radius 3 is 2.81 bits per heavy atom. The predicted molar refractivity (Wildman–Crippen MR) is 79.7 cm³/mol. The van der Waals surface area contributed by atoms with Gasteiger partial charge in [0.15, 0.2) is 0 Å². The van der Waals surface area contributed by atoms with Gasteiger partial charge in [-0.25, -0.2) is 4.98 Å². The largest absolute Gasteiger partial charge is 0.356 e. The van der Waals surface area contributed by atoms with Gasteiger partial charge >= 0.3 is 0 Å². The molecule has 3 heterocycles. The summed E-state index contributed by atoms with van der Waals surface area (Å²) in [6, 6.07) is 0. The van der Waals surface area contributed by atoms with E-state index in [2.05, 4.69) is 20.3 Å². The summed E-state index contributed by atoms with van der Waals surface area (Å²) in [6.07, 6.45) is 11.0. The van der Waals surface area contributed by atoms with E-state index in [1.807, 2.05) is 0 Å². The fourth-order valence-electron chi connectivity index (χ4n) is 3.91. The second-order valence-corrected chi connectivity index (χ2v) is 6.28. The number of carbonyl (C=O) groups excluding carboxylic acids is 1. The Bertz CT molecular complexity index is 449. The molecule has 1 N–H and O–H groups in total. The van der Waals surface area contributed by atoms with Crippen LogP contribution in [-0.2, 0) is 11.3 Å². The lowest BCUT2D eigenvalue weighted by Crippen LogP contribution is -2.41. The highest BCUT2D eigenvalue weighted by molar-refractivity contribution is 5.75. The fraction of sp³-hybridized carbons (Fsp3) is 0.800. The van der Waals surface area contributed by atoms with Crippen LogP contribution in [0.15, 0.2) is 12.7 Å². The van der Waals surface area contributed by atoms with Crippen molar-refractivity contribution in [1.82, 2.24) is 25.0 Å². The first-order valence-electron chi connectivity index (χ1n) is 8.13. The van der Waals surface area contributed by atoms with Gasteiger partial charge in [0.1, 0.15) is 12.7 Å². The van der Waals surface area contributed by atoms with E-state index < -0.39 is 0 Å². The zero-order chi connectivity index (χ0) is 14.5. The normalized spacial score (nSPS) is 20.6. The molecule has 2 aliphatic heterocycles. The van der Waals surface area contributed by atoms with Gasteiger partial charge in [0.05, 0.1) is 0 Å². The molecule has 0 saturated carbocycles. The first-order valence-corrected chi connectivity index (χ1v) is 8.13. The lowest BCUT2D eigenvalue weighted by atomic mass is 9.90. The van der Waals surface area contributed by atoms with E-state index in [4.69, 9.17) is 0 Å². The highest BCUT2D eigenvalue weighted by Gasteiger charge is 2.43. The van der Waals surface area contributed by atoms with Crippen LogP contribution in [0.5, 0.6) is 0 Å².